The number of benzene rings is 1. The van der Waals surface area contributed by atoms with Gasteiger partial charge < -0.3 is 15.0 Å². The Morgan fingerprint density at radius 1 is 1.37 bits per heavy atom. The van der Waals surface area contributed by atoms with Crippen LogP contribution in [0.4, 0.5) is 8.78 Å². The molecule has 1 saturated carbocycles. The molecular formula is C14H20F2N2O. The summed E-state index contributed by atoms with van der Waals surface area (Å²) in [5, 5.41) is 3.26. The van der Waals surface area contributed by atoms with Crippen molar-refractivity contribution in [2.75, 3.05) is 20.1 Å². The number of hydrogen-bond donors (Lipinski definition) is 1. The van der Waals surface area contributed by atoms with Gasteiger partial charge in [-0.2, -0.15) is 8.78 Å². The standard InChI is InChI=1S/C14H20F2N2O/c1-18(12-6-7-12)9-8-17-10-11-4-2-3-5-13(11)19-14(15)16/h2-5,12,14,17H,6-10H2,1H3. The monoisotopic (exact) mass is 270 g/mol. The van der Waals surface area contributed by atoms with E-state index in [4.69, 9.17) is 0 Å². The van der Waals surface area contributed by atoms with Crippen molar-refractivity contribution in [1.29, 1.82) is 0 Å². The zero-order chi connectivity index (χ0) is 13.7. The highest BCUT2D eigenvalue weighted by atomic mass is 19.3. The SMILES string of the molecule is CN(CCNCc1ccccc1OC(F)F)C1CC1. The Bertz CT molecular complexity index is 397. The van der Waals surface area contributed by atoms with Gasteiger partial charge in [0.2, 0.25) is 0 Å². The summed E-state index contributed by atoms with van der Waals surface area (Å²) in [6.45, 7) is -0.415. The van der Waals surface area contributed by atoms with Crippen molar-refractivity contribution >= 4 is 0 Å². The third-order valence-electron chi connectivity index (χ3n) is 3.32. The predicted molar refractivity (Wildman–Crippen MR) is 70.4 cm³/mol. The number of para-hydroxylation sites is 1. The first kappa shape index (κ1) is 14.2. The van der Waals surface area contributed by atoms with Crippen molar-refractivity contribution in [2.24, 2.45) is 0 Å². The average molecular weight is 270 g/mol. The van der Waals surface area contributed by atoms with Crippen molar-refractivity contribution in [3.05, 3.63) is 29.8 Å². The highest BCUT2D eigenvalue weighted by molar-refractivity contribution is 5.33. The van der Waals surface area contributed by atoms with Crippen molar-refractivity contribution in [3.63, 3.8) is 0 Å². The maximum atomic E-state index is 12.2. The number of rotatable bonds is 8. The molecule has 2 rings (SSSR count). The molecule has 3 nitrogen and oxygen atoms in total. The summed E-state index contributed by atoms with van der Waals surface area (Å²) in [6.07, 6.45) is 2.59. The van der Waals surface area contributed by atoms with Gasteiger partial charge in [-0.1, -0.05) is 18.2 Å². The molecule has 0 atom stereocenters. The van der Waals surface area contributed by atoms with E-state index in [2.05, 4.69) is 22.0 Å². The van der Waals surface area contributed by atoms with E-state index in [1.54, 1.807) is 18.2 Å². The van der Waals surface area contributed by atoms with E-state index < -0.39 is 6.61 Å². The van der Waals surface area contributed by atoms with E-state index in [0.717, 1.165) is 24.7 Å². The van der Waals surface area contributed by atoms with E-state index in [-0.39, 0.29) is 5.75 Å². The fourth-order valence-electron chi connectivity index (χ4n) is 2.04. The van der Waals surface area contributed by atoms with Crippen LogP contribution in [0.3, 0.4) is 0 Å². The van der Waals surface area contributed by atoms with Gasteiger partial charge in [-0.15, -0.1) is 0 Å². The Morgan fingerprint density at radius 3 is 2.79 bits per heavy atom. The Balaban J connectivity index is 1.75. The van der Waals surface area contributed by atoms with Crippen LogP contribution in [-0.4, -0.2) is 37.7 Å². The molecule has 1 fully saturated rings. The summed E-state index contributed by atoms with van der Waals surface area (Å²) in [6, 6.07) is 7.64. The second kappa shape index (κ2) is 6.82. The molecule has 1 aliphatic rings. The molecule has 1 aromatic carbocycles. The second-order valence-electron chi connectivity index (χ2n) is 4.87. The van der Waals surface area contributed by atoms with Gasteiger partial charge in [0.1, 0.15) is 5.75 Å². The minimum absolute atomic E-state index is 0.251. The quantitative estimate of drug-likeness (QED) is 0.734. The molecule has 0 saturated heterocycles. The Labute approximate surface area is 112 Å². The highest BCUT2D eigenvalue weighted by Gasteiger charge is 2.25. The van der Waals surface area contributed by atoms with Crippen LogP contribution in [0.5, 0.6) is 5.75 Å². The summed E-state index contributed by atoms with van der Waals surface area (Å²) in [7, 11) is 2.12. The number of likely N-dealkylation sites (N-methyl/N-ethyl adjacent to an activating group) is 1. The predicted octanol–water partition coefficient (Wildman–Crippen LogP) is 2.47. The first-order chi connectivity index (χ1) is 9.16. The molecule has 0 amide bonds. The first-order valence-corrected chi connectivity index (χ1v) is 6.60. The van der Waals surface area contributed by atoms with E-state index in [0.29, 0.717) is 6.54 Å². The molecule has 0 heterocycles. The van der Waals surface area contributed by atoms with Gasteiger partial charge in [-0.05, 0) is 26.0 Å². The van der Waals surface area contributed by atoms with Gasteiger partial charge in [0.15, 0.2) is 0 Å². The number of nitrogens with one attached hydrogen (secondary N) is 1. The maximum Gasteiger partial charge on any atom is 0.387 e. The molecule has 0 unspecified atom stereocenters. The molecular weight excluding hydrogens is 250 g/mol. The van der Waals surface area contributed by atoms with Crippen LogP contribution >= 0.6 is 0 Å². The lowest BCUT2D eigenvalue weighted by Gasteiger charge is -2.16. The summed E-state index contributed by atoms with van der Waals surface area (Å²) >= 11 is 0. The number of halogens is 2. The average Bonchev–Trinajstić information content (AvgIpc) is 3.19. The van der Waals surface area contributed by atoms with Crippen LogP contribution in [0.25, 0.3) is 0 Å². The molecule has 0 aromatic heterocycles. The number of hydrogen-bond acceptors (Lipinski definition) is 3. The second-order valence-corrected chi connectivity index (χ2v) is 4.87. The van der Waals surface area contributed by atoms with Crippen LogP contribution in [0.15, 0.2) is 24.3 Å². The third-order valence-corrected chi connectivity index (χ3v) is 3.32. The lowest BCUT2D eigenvalue weighted by molar-refractivity contribution is -0.0504. The Hall–Kier alpha value is -1.20. The van der Waals surface area contributed by atoms with Gasteiger partial charge in [0.05, 0.1) is 0 Å². The number of alkyl halides is 2. The summed E-state index contributed by atoms with van der Waals surface area (Å²) in [5.74, 6) is 0.251. The van der Waals surface area contributed by atoms with E-state index in [9.17, 15) is 8.78 Å². The molecule has 0 bridgehead atoms. The van der Waals surface area contributed by atoms with Crippen LogP contribution in [0.2, 0.25) is 0 Å². The van der Waals surface area contributed by atoms with Gasteiger partial charge >= 0.3 is 6.61 Å². The maximum absolute atomic E-state index is 12.2. The molecule has 5 heteroatoms. The minimum Gasteiger partial charge on any atom is -0.434 e. The molecule has 0 aliphatic heterocycles. The summed E-state index contributed by atoms with van der Waals surface area (Å²) < 4.78 is 29.0. The third kappa shape index (κ3) is 4.76. The molecule has 1 N–H and O–H groups in total. The molecule has 0 spiro atoms. The van der Waals surface area contributed by atoms with Gasteiger partial charge in [-0.25, -0.2) is 0 Å². The van der Waals surface area contributed by atoms with Crippen molar-refractivity contribution in [1.82, 2.24) is 10.2 Å². The van der Waals surface area contributed by atoms with Gasteiger partial charge in [0, 0.05) is 31.2 Å². The van der Waals surface area contributed by atoms with E-state index in [1.807, 2.05) is 6.07 Å². The van der Waals surface area contributed by atoms with Crippen molar-refractivity contribution in [3.8, 4) is 5.75 Å². The number of ether oxygens (including phenoxy) is 1. The van der Waals surface area contributed by atoms with Crippen molar-refractivity contribution in [2.45, 2.75) is 32.0 Å². The van der Waals surface area contributed by atoms with Crippen LogP contribution in [-0.2, 0) is 6.54 Å². The Morgan fingerprint density at radius 2 is 2.11 bits per heavy atom. The van der Waals surface area contributed by atoms with Crippen LogP contribution in [0.1, 0.15) is 18.4 Å². The number of nitrogens with zero attached hydrogens (tertiary/aromatic N) is 1. The smallest absolute Gasteiger partial charge is 0.387 e. The lowest BCUT2D eigenvalue weighted by atomic mass is 10.2. The van der Waals surface area contributed by atoms with Gasteiger partial charge in [0.25, 0.3) is 0 Å². The molecule has 1 aliphatic carbocycles. The lowest BCUT2D eigenvalue weighted by Crippen LogP contribution is -2.30. The van der Waals surface area contributed by atoms with E-state index >= 15 is 0 Å². The minimum atomic E-state index is -2.78. The first-order valence-electron chi connectivity index (χ1n) is 6.60. The molecule has 0 radical (unpaired) electrons. The topological polar surface area (TPSA) is 24.5 Å². The molecule has 1 aromatic rings. The fourth-order valence-corrected chi connectivity index (χ4v) is 2.04. The van der Waals surface area contributed by atoms with E-state index in [1.165, 1.54) is 12.8 Å². The van der Waals surface area contributed by atoms with Crippen LogP contribution in [0, 0.1) is 0 Å². The highest BCUT2D eigenvalue weighted by Crippen LogP contribution is 2.24. The Kier molecular flexibility index (Phi) is 5.10. The van der Waals surface area contributed by atoms with Crippen LogP contribution < -0.4 is 10.1 Å². The molecule has 106 valence electrons. The summed E-state index contributed by atoms with van der Waals surface area (Å²) in [5.41, 5.74) is 0.761. The largest absolute Gasteiger partial charge is 0.434 e. The zero-order valence-electron chi connectivity index (χ0n) is 11.1. The normalized spacial score (nSPS) is 15.2. The zero-order valence-corrected chi connectivity index (χ0v) is 11.1. The fraction of sp³-hybridized carbons (Fsp3) is 0.571. The molecule has 19 heavy (non-hydrogen) atoms. The van der Waals surface area contributed by atoms with Gasteiger partial charge in [-0.3, -0.25) is 0 Å². The van der Waals surface area contributed by atoms with Crippen molar-refractivity contribution < 1.29 is 13.5 Å². The summed E-state index contributed by atoms with van der Waals surface area (Å²) in [4.78, 5) is 2.33.